The van der Waals surface area contributed by atoms with Crippen LogP contribution in [0.5, 0.6) is 0 Å². The Morgan fingerprint density at radius 1 is 1.29 bits per heavy atom. The van der Waals surface area contributed by atoms with E-state index in [9.17, 15) is 9.50 Å². The third-order valence-electron chi connectivity index (χ3n) is 4.22. The van der Waals surface area contributed by atoms with Gasteiger partial charge in [0.25, 0.3) is 0 Å². The van der Waals surface area contributed by atoms with Crippen LogP contribution in [0.15, 0.2) is 18.2 Å². The number of halogens is 1. The standard InChI is InChI=1S/C15H21FO/c1-10-4-5-12(3)15(17,9-10)14-7-6-13(16)8-11(14)2/h6-8,10,12,17H,4-5,9H2,1-3H3. The minimum atomic E-state index is -0.782. The number of benzene rings is 1. The van der Waals surface area contributed by atoms with Crippen LogP contribution in [0, 0.1) is 24.6 Å². The highest BCUT2D eigenvalue weighted by Crippen LogP contribution is 2.44. The average Bonchev–Trinajstić information content (AvgIpc) is 2.23. The third kappa shape index (κ3) is 2.23. The lowest BCUT2D eigenvalue weighted by atomic mass is 9.68. The van der Waals surface area contributed by atoms with Gasteiger partial charge in [-0.05, 0) is 54.9 Å². The molecule has 1 saturated carbocycles. The minimum absolute atomic E-state index is 0.230. The number of hydrogen-bond acceptors (Lipinski definition) is 1. The van der Waals surface area contributed by atoms with E-state index >= 15 is 0 Å². The van der Waals surface area contributed by atoms with Crippen LogP contribution in [0.2, 0.25) is 0 Å². The van der Waals surface area contributed by atoms with Gasteiger partial charge in [-0.1, -0.05) is 26.3 Å². The van der Waals surface area contributed by atoms with Gasteiger partial charge in [0.2, 0.25) is 0 Å². The van der Waals surface area contributed by atoms with Crippen molar-refractivity contribution < 1.29 is 9.50 Å². The Kier molecular flexibility index (Phi) is 3.26. The molecule has 1 aliphatic carbocycles. The number of aliphatic hydroxyl groups is 1. The van der Waals surface area contributed by atoms with E-state index in [0.717, 1.165) is 24.0 Å². The molecule has 0 saturated heterocycles. The normalized spacial score (nSPS) is 33.7. The lowest BCUT2D eigenvalue weighted by Crippen LogP contribution is -2.39. The Balaban J connectivity index is 2.42. The van der Waals surface area contributed by atoms with Crippen LogP contribution in [-0.4, -0.2) is 5.11 Å². The van der Waals surface area contributed by atoms with Gasteiger partial charge in [-0.25, -0.2) is 4.39 Å². The van der Waals surface area contributed by atoms with Crippen LogP contribution in [0.4, 0.5) is 4.39 Å². The molecule has 1 nitrogen and oxygen atoms in total. The van der Waals surface area contributed by atoms with Crippen molar-refractivity contribution in [2.24, 2.45) is 11.8 Å². The van der Waals surface area contributed by atoms with E-state index in [-0.39, 0.29) is 11.7 Å². The molecule has 17 heavy (non-hydrogen) atoms. The minimum Gasteiger partial charge on any atom is -0.385 e. The molecular weight excluding hydrogens is 215 g/mol. The fourth-order valence-electron chi connectivity index (χ4n) is 3.10. The first-order valence-electron chi connectivity index (χ1n) is 6.42. The van der Waals surface area contributed by atoms with Crippen LogP contribution < -0.4 is 0 Å². The van der Waals surface area contributed by atoms with Crippen molar-refractivity contribution in [1.82, 2.24) is 0 Å². The maximum atomic E-state index is 13.1. The molecule has 2 rings (SSSR count). The molecule has 2 heteroatoms. The highest BCUT2D eigenvalue weighted by molar-refractivity contribution is 5.33. The maximum absolute atomic E-state index is 13.1. The molecular formula is C15H21FO. The maximum Gasteiger partial charge on any atom is 0.123 e. The zero-order chi connectivity index (χ0) is 12.6. The Hall–Kier alpha value is -0.890. The van der Waals surface area contributed by atoms with Gasteiger partial charge in [0.05, 0.1) is 5.60 Å². The Morgan fingerprint density at radius 2 is 2.00 bits per heavy atom. The van der Waals surface area contributed by atoms with E-state index in [1.807, 2.05) is 6.92 Å². The predicted octanol–water partition coefficient (Wildman–Crippen LogP) is 3.78. The van der Waals surface area contributed by atoms with E-state index in [1.165, 1.54) is 18.6 Å². The lowest BCUT2D eigenvalue weighted by molar-refractivity contribution is -0.0632. The topological polar surface area (TPSA) is 20.2 Å². The van der Waals surface area contributed by atoms with Gasteiger partial charge in [0.15, 0.2) is 0 Å². The first kappa shape index (κ1) is 12.6. The monoisotopic (exact) mass is 236 g/mol. The molecule has 94 valence electrons. The van der Waals surface area contributed by atoms with Crippen LogP contribution in [0.25, 0.3) is 0 Å². The fourth-order valence-corrected chi connectivity index (χ4v) is 3.10. The molecule has 1 aromatic rings. The Bertz CT molecular complexity index is 415. The first-order chi connectivity index (χ1) is 7.93. The third-order valence-corrected chi connectivity index (χ3v) is 4.22. The summed E-state index contributed by atoms with van der Waals surface area (Å²) < 4.78 is 13.1. The van der Waals surface area contributed by atoms with Crippen molar-refractivity contribution >= 4 is 0 Å². The average molecular weight is 236 g/mol. The number of rotatable bonds is 1. The van der Waals surface area contributed by atoms with Crippen molar-refractivity contribution in [1.29, 1.82) is 0 Å². The molecule has 1 aliphatic rings. The molecule has 3 unspecified atom stereocenters. The largest absolute Gasteiger partial charge is 0.385 e. The zero-order valence-corrected chi connectivity index (χ0v) is 10.8. The summed E-state index contributed by atoms with van der Waals surface area (Å²) in [6.07, 6.45) is 2.98. The first-order valence-corrected chi connectivity index (χ1v) is 6.42. The summed E-state index contributed by atoms with van der Waals surface area (Å²) in [6, 6.07) is 4.71. The molecule has 0 spiro atoms. The highest BCUT2D eigenvalue weighted by atomic mass is 19.1. The lowest BCUT2D eigenvalue weighted by Gasteiger charge is -2.42. The summed E-state index contributed by atoms with van der Waals surface area (Å²) in [5, 5.41) is 10.9. The summed E-state index contributed by atoms with van der Waals surface area (Å²) in [7, 11) is 0. The molecule has 0 aromatic heterocycles. The fraction of sp³-hybridized carbons (Fsp3) is 0.600. The van der Waals surface area contributed by atoms with Crippen molar-refractivity contribution in [3.8, 4) is 0 Å². The summed E-state index contributed by atoms with van der Waals surface area (Å²) in [6.45, 7) is 6.15. The number of hydrogen-bond donors (Lipinski definition) is 1. The molecule has 0 aliphatic heterocycles. The van der Waals surface area contributed by atoms with Crippen molar-refractivity contribution in [3.63, 3.8) is 0 Å². The molecule has 1 fully saturated rings. The SMILES string of the molecule is Cc1cc(F)ccc1C1(O)CC(C)CCC1C. The predicted molar refractivity (Wildman–Crippen MR) is 67.2 cm³/mol. The van der Waals surface area contributed by atoms with E-state index in [4.69, 9.17) is 0 Å². The van der Waals surface area contributed by atoms with E-state index in [1.54, 1.807) is 6.07 Å². The van der Waals surface area contributed by atoms with E-state index in [2.05, 4.69) is 13.8 Å². The van der Waals surface area contributed by atoms with Crippen LogP contribution in [0.3, 0.4) is 0 Å². The molecule has 0 heterocycles. The van der Waals surface area contributed by atoms with Crippen molar-refractivity contribution in [2.45, 2.75) is 45.6 Å². The molecule has 0 amide bonds. The van der Waals surface area contributed by atoms with Gasteiger partial charge >= 0.3 is 0 Å². The van der Waals surface area contributed by atoms with Crippen molar-refractivity contribution in [3.05, 3.63) is 35.1 Å². The summed E-state index contributed by atoms with van der Waals surface area (Å²) >= 11 is 0. The summed E-state index contributed by atoms with van der Waals surface area (Å²) in [5.74, 6) is 0.537. The van der Waals surface area contributed by atoms with Crippen LogP contribution in [0.1, 0.15) is 44.2 Å². The second-order valence-corrected chi connectivity index (χ2v) is 5.67. The summed E-state index contributed by atoms with van der Waals surface area (Å²) in [4.78, 5) is 0. The quantitative estimate of drug-likeness (QED) is 0.786. The molecule has 0 bridgehead atoms. The van der Waals surface area contributed by atoms with Gasteiger partial charge < -0.3 is 5.11 Å². The van der Waals surface area contributed by atoms with Gasteiger partial charge in [-0.3, -0.25) is 0 Å². The Morgan fingerprint density at radius 3 is 2.65 bits per heavy atom. The molecule has 0 radical (unpaired) electrons. The second kappa shape index (κ2) is 4.41. The van der Waals surface area contributed by atoms with Crippen molar-refractivity contribution in [2.75, 3.05) is 0 Å². The van der Waals surface area contributed by atoms with Gasteiger partial charge in [-0.2, -0.15) is 0 Å². The van der Waals surface area contributed by atoms with Crippen LogP contribution in [-0.2, 0) is 5.60 Å². The Labute approximate surface area is 103 Å². The van der Waals surface area contributed by atoms with Gasteiger partial charge in [0, 0.05) is 0 Å². The van der Waals surface area contributed by atoms with Crippen LogP contribution >= 0.6 is 0 Å². The summed E-state index contributed by atoms with van der Waals surface area (Å²) in [5.41, 5.74) is 0.974. The number of aryl methyl sites for hydroxylation is 1. The van der Waals surface area contributed by atoms with E-state index < -0.39 is 5.60 Å². The molecule has 1 N–H and O–H groups in total. The zero-order valence-electron chi connectivity index (χ0n) is 10.8. The van der Waals surface area contributed by atoms with Gasteiger partial charge in [-0.15, -0.1) is 0 Å². The highest BCUT2D eigenvalue weighted by Gasteiger charge is 2.40. The second-order valence-electron chi connectivity index (χ2n) is 5.67. The van der Waals surface area contributed by atoms with Gasteiger partial charge in [0.1, 0.15) is 5.82 Å². The molecule has 1 aromatic carbocycles. The molecule has 3 atom stereocenters. The smallest absolute Gasteiger partial charge is 0.123 e. The van der Waals surface area contributed by atoms with E-state index in [0.29, 0.717) is 5.92 Å².